The number of hydrogen-bond acceptors (Lipinski definition) is 8. The number of H-pyrrole nitrogens is 3. The van der Waals surface area contributed by atoms with Crippen LogP contribution in [0.3, 0.4) is 0 Å². The third-order valence-corrected chi connectivity index (χ3v) is 2.12. The van der Waals surface area contributed by atoms with Gasteiger partial charge in [0.2, 0.25) is 0 Å². The summed E-state index contributed by atoms with van der Waals surface area (Å²) in [4.78, 5) is 42.1. The molecule has 0 unspecified atom stereocenters. The van der Waals surface area contributed by atoms with Crippen LogP contribution in [0.4, 0.5) is 0 Å². The Kier molecular flexibility index (Phi) is 32.7. The van der Waals surface area contributed by atoms with E-state index in [0.29, 0.717) is 0 Å². The maximum Gasteiger partial charge on any atom is 1.00 e. The van der Waals surface area contributed by atoms with Gasteiger partial charge in [0.05, 0.1) is 25.1 Å². The second-order valence-electron chi connectivity index (χ2n) is 4.17. The van der Waals surface area contributed by atoms with E-state index in [1.807, 2.05) is 6.07 Å². The van der Waals surface area contributed by atoms with Gasteiger partial charge < -0.3 is 10.6 Å². The molecule has 160 valence electrons. The minimum Gasteiger partial charge on any atom is -0.870 e. The summed E-state index contributed by atoms with van der Waals surface area (Å²) in [5, 5.41) is 29.8. The van der Waals surface area contributed by atoms with Crippen LogP contribution in [-0.4, -0.2) is 37.2 Å². The van der Waals surface area contributed by atoms with Gasteiger partial charge in [-0.1, -0.05) is 14.0 Å². The van der Waals surface area contributed by atoms with Crippen LogP contribution in [0.5, 0.6) is 0 Å². The van der Waals surface area contributed by atoms with Crippen LogP contribution in [0.25, 0.3) is 0 Å². The first-order chi connectivity index (χ1) is 12.9. The van der Waals surface area contributed by atoms with Crippen molar-refractivity contribution in [3.63, 3.8) is 0 Å². The molecule has 2 aromatic rings. The Morgan fingerprint density at radius 3 is 1.80 bits per heavy atom. The van der Waals surface area contributed by atoms with Gasteiger partial charge in [0.1, 0.15) is 0 Å². The molecule has 0 aliphatic heterocycles. The number of nitrogens with one attached hydrogen (secondary N) is 3. The van der Waals surface area contributed by atoms with Gasteiger partial charge in [-0.3, -0.25) is 34.5 Å². The molecule has 0 spiro atoms. The summed E-state index contributed by atoms with van der Waals surface area (Å²) in [6.45, 7) is 5.28. The maximum atomic E-state index is 11.0. The van der Waals surface area contributed by atoms with Crippen LogP contribution < -0.4 is 51.8 Å². The molecule has 0 aliphatic rings. The molecular formula is C17H25N6NaO6. The monoisotopic (exact) mass is 432 g/mol. The third kappa shape index (κ3) is 23.0. The Morgan fingerprint density at radius 1 is 1.07 bits per heavy atom. The van der Waals surface area contributed by atoms with E-state index in [1.54, 1.807) is 13.0 Å². The van der Waals surface area contributed by atoms with Crippen LogP contribution in [0.2, 0.25) is 0 Å². The molecule has 0 saturated carbocycles. The smallest absolute Gasteiger partial charge is 0.870 e. The predicted molar refractivity (Wildman–Crippen MR) is 106 cm³/mol. The number of rotatable bonds is 2. The van der Waals surface area contributed by atoms with Gasteiger partial charge in [0.15, 0.2) is 0 Å². The Labute approximate surface area is 194 Å². The van der Waals surface area contributed by atoms with E-state index in [0.717, 1.165) is 10.7 Å². The van der Waals surface area contributed by atoms with Crippen LogP contribution in [-0.2, 0) is 6.54 Å². The zero-order valence-corrected chi connectivity index (χ0v) is 18.1. The summed E-state index contributed by atoms with van der Waals surface area (Å²) >= 11 is 0. The summed E-state index contributed by atoms with van der Waals surface area (Å²) in [6, 6.07) is 8.24. The molecule has 0 amide bonds. The molecule has 0 radical (unpaired) electrons. The number of allylic oxidation sites excluding steroid dienone is 1. The first kappa shape index (κ1) is 37.7. The van der Waals surface area contributed by atoms with Crippen LogP contribution in [0.15, 0.2) is 56.1 Å². The number of aromatic nitrogens is 4. The molecule has 30 heavy (non-hydrogen) atoms. The van der Waals surface area contributed by atoms with Crippen LogP contribution >= 0.6 is 0 Å². The second kappa shape index (κ2) is 26.0. The maximum absolute atomic E-state index is 11.0. The largest absolute Gasteiger partial charge is 1.00 e. The average Bonchev–Trinajstić information content (AvgIpc) is 2.66. The minimum absolute atomic E-state index is 0. The second-order valence-corrected chi connectivity index (χ2v) is 4.17. The van der Waals surface area contributed by atoms with E-state index in [9.17, 15) is 19.2 Å². The van der Waals surface area contributed by atoms with Gasteiger partial charge in [0.25, 0.3) is 22.2 Å². The van der Waals surface area contributed by atoms with Gasteiger partial charge >= 0.3 is 29.6 Å². The SMILES string of the molecule is C.C=CC#N.CCO.N#CCCn1[nH]c(=O)ccc1=O.O=c1ccc(=O)[nH][nH]1.[Na+].[OH-]. The molecule has 5 N–H and O–H groups in total. The van der Waals surface area contributed by atoms with Crippen molar-refractivity contribution in [1.29, 1.82) is 10.5 Å². The zero-order valence-electron chi connectivity index (χ0n) is 16.1. The molecule has 0 atom stereocenters. The molecule has 0 aromatic carbocycles. The normalized spacial score (nSPS) is 7.20. The average molecular weight is 432 g/mol. The van der Waals surface area contributed by atoms with Gasteiger partial charge in [-0.25, -0.2) is 4.68 Å². The Hall–Kier alpha value is -3.00. The zero-order chi connectivity index (χ0) is 21.1. The van der Waals surface area contributed by atoms with Crippen LogP contribution in [0, 0.1) is 22.7 Å². The number of aliphatic hydroxyl groups excluding tert-OH is 1. The van der Waals surface area contributed by atoms with Crippen molar-refractivity contribution in [2.75, 3.05) is 6.61 Å². The van der Waals surface area contributed by atoms with E-state index in [-0.39, 0.29) is 84.3 Å². The van der Waals surface area contributed by atoms with Crippen molar-refractivity contribution in [3.05, 3.63) is 78.3 Å². The topological polar surface area (TPSA) is 218 Å². The molecule has 0 fully saturated rings. The van der Waals surface area contributed by atoms with Crippen molar-refractivity contribution in [1.82, 2.24) is 20.0 Å². The summed E-state index contributed by atoms with van der Waals surface area (Å²) in [7, 11) is 0. The van der Waals surface area contributed by atoms with Gasteiger partial charge in [-0.15, -0.1) is 0 Å². The fourth-order valence-electron chi connectivity index (χ4n) is 1.15. The number of aliphatic hydroxyl groups is 1. The molecule has 2 heterocycles. The molecule has 13 heteroatoms. The summed E-state index contributed by atoms with van der Waals surface area (Å²) in [5.74, 6) is 0. The first-order valence-electron chi connectivity index (χ1n) is 7.42. The number of hydrogen-bond donors (Lipinski definition) is 4. The molecule has 0 aliphatic carbocycles. The predicted octanol–water partition coefficient (Wildman–Crippen LogP) is -3.33. The number of aryl methyl sites for hydroxylation is 1. The molecule has 0 bridgehead atoms. The Balaban J connectivity index is -0.000000102. The van der Waals surface area contributed by atoms with Gasteiger partial charge in [0, 0.05) is 36.9 Å². The molecule has 0 saturated heterocycles. The first-order valence-corrected chi connectivity index (χ1v) is 7.42. The minimum atomic E-state index is -0.340. The number of aromatic amines is 3. The van der Waals surface area contributed by atoms with E-state index in [4.69, 9.17) is 15.6 Å². The Morgan fingerprint density at radius 2 is 1.47 bits per heavy atom. The van der Waals surface area contributed by atoms with E-state index >= 15 is 0 Å². The van der Waals surface area contributed by atoms with E-state index in [1.165, 1.54) is 24.3 Å². The van der Waals surface area contributed by atoms with Crippen molar-refractivity contribution in [2.24, 2.45) is 0 Å². The molecule has 2 aromatic heterocycles. The summed E-state index contributed by atoms with van der Waals surface area (Å²) in [6.07, 6.45) is 1.39. The molecule has 2 rings (SSSR count). The quantitative estimate of drug-likeness (QED) is 0.277. The third-order valence-electron chi connectivity index (χ3n) is 2.12. The summed E-state index contributed by atoms with van der Waals surface area (Å²) < 4.78 is 1.12. The number of nitrogens with zero attached hydrogens (tertiary/aromatic N) is 3. The molecule has 12 nitrogen and oxygen atoms in total. The number of nitriles is 2. The van der Waals surface area contributed by atoms with Crippen molar-refractivity contribution < 1.29 is 40.1 Å². The standard InChI is InChI=1S/C7H7N3O2.C4H4N2O2.C3H3N.C2H6O.CH4.Na.H2O/c8-4-1-5-10-7(12)3-2-6(11)9-10;7-3-1-2-4(8)6-5-3;1-2-3-4;1-2-3;;;/h2-3H,1,5H2,(H,9,11);1-2H,(H,5,7)(H,6,8);2H,1H2;3H,2H2,1H3;1H4;;1H2/q;;;;;+1;/p-1. The molecular weight excluding hydrogens is 407 g/mol. The van der Waals surface area contributed by atoms with Crippen molar-refractivity contribution >= 4 is 0 Å². The summed E-state index contributed by atoms with van der Waals surface area (Å²) in [5.41, 5.74) is -1.24. The van der Waals surface area contributed by atoms with Gasteiger partial charge in [-0.05, 0) is 6.92 Å². The fraction of sp³-hybridized carbons (Fsp3) is 0.294. The van der Waals surface area contributed by atoms with Crippen molar-refractivity contribution in [2.45, 2.75) is 27.3 Å². The van der Waals surface area contributed by atoms with Crippen molar-refractivity contribution in [3.8, 4) is 12.1 Å². The van der Waals surface area contributed by atoms with Gasteiger partial charge in [-0.2, -0.15) is 10.5 Å². The van der Waals surface area contributed by atoms with E-state index in [2.05, 4.69) is 21.9 Å². The van der Waals surface area contributed by atoms with E-state index < -0.39 is 0 Å². The van der Waals surface area contributed by atoms with Crippen LogP contribution in [0.1, 0.15) is 20.8 Å². The fourth-order valence-corrected chi connectivity index (χ4v) is 1.15. The Bertz CT molecular complexity index is 928.